The summed E-state index contributed by atoms with van der Waals surface area (Å²) >= 11 is 0. The first-order valence-electron chi connectivity index (χ1n) is 6.23. The van der Waals surface area contributed by atoms with Crippen LogP contribution in [-0.2, 0) is 13.2 Å². The first kappa shape index (κ1) is 13.5. The minimum atomic E-state index is -0.266. The first-order valence-corrected chi connectivity index (χ1v) is 6.23. The maximum Gasteiger partial charge on any atom is 0.134 e. The molecule has 0 saturated carbocycles. The van der Waals surface area contributed by atoms with Crippen LogP contribution in [0.15, 0.2) is 28.8 Å². The first-order chi connectivity index (χ1) is 9.19. The fraction of sp³-hybridized carbons (Fsp3) is 0.357. The smallest absolute Gasteiger partial charge is 0.134 e. The van der Waals surface area contributed by atoms with Gasteiger partial charge in [0.25, 0.3) is 0 Å². The highest BCUT2D eigenvalue weighted by Gasteiger charge is 2.07. The summed E-state index contributed by atoms with van der Waals surface area (Å²) < 4.78 is 23.9. The van der Waals surface area contributed by atoms with Crippen molar-refractivity contribution in [3.05, 3.63) is 47.1 Å². The lowest BCUT2D eigenvalue weighted by Gasteiger charge is -2.11. The van der Waals surface area contributed by atoms with Crippen LogP contribution in [0.2, 0.25) is 0 Å². The second-order valence-electron chi connectivity index (χ2n) is 4.25. The summed E-state index contributed by atoms with van der Waals surface area (Å²) in [5, 5.41) is 7.00. The molecule has 1 N–H and O–H groups in total. The molecule has 0 aliphatic carbocycles. The second-order valence-corrected chi connectivity index (χ2v) is 4.25. The molecule has 0 atom stereocenters. The van der Waals surface area contributed by atoms with Gasteiger partial charge >= 0.3 is 0 Å². The van der Waals surface area contributed by atoms with Crippen molar-refractivity contribution in [2.75, 3.05) is 6.54 Å². The van der Waals surface area contributed by atoms with E-state index in [4.69, 9.17) is 9.26 Å². The number of benzene rings is 1. The standard InChI is InChI=1S/C14H17FN2O2/c1-3-16-8-11-7-12(15)4-5-14(11)18-9-13-6-10(2)19-17-13/h4-7,16H,3,8-9H2,1-2H3. The Morgan fingerprint density at radius 2 is 2.21 bits per heavy atom. The number of aryl methyl sites for hydroxylation is 1. The van der Waals surface area contributed by atoms with Crippen molar-refractivity contribution in [2.24, 2.45) is 0 Å². The third-order valence-corrected chi connectivity index (χ3v) is 2.64. The fourth-order valence-electron chi connectivity index (χ4n) is 1.72. The SMILES string of the molecule is CCNCc1cc(F)ccc1OCc1cc(C)on1. The molecule has 2 aromatic rings. The Morgan fingerprint density at radius 3 is 2.89 bits per heavy atom. The highest BCUT2D eigenvalue weighted by atomic mass is 19.1. The van der Waals surface area contributed by atoms with E-state index in [0.29, 0.717) is 18.9 Å². The number of aromatic nitrogens is 1. The van der Waals surface area contributed by atoms with Gasteiger partial charge in [-0.25, -0.2) is 4.39 Å². The molecular formula is C14H17FN2O2. The van der Waals surface area contributed by atoms with E-state index >= 15 is 0 Å². The summed E-state index contributed by atoms with van der Waals surface area (Å²) in [7, 11) is 0. The Bertz CT molecular complexity index is 540. The van der Waals surface area contributed by atoms with Gasteiger partial charge in [0, 0.05) is 18.2 Å². The molecule has 1 aromatic heterocycles. The van der Waals surface area contributed by atoms with Gasteiger partial charge in [0.15, 0.2) is 0 Å². The van der Waals surface area contributed by atoms with Crippen LogP contribution in [0, 0.1) is 12.7 Å². The van der Waals surface area contributed by atoms with Gasteiger partial charge in [0.2, 0.25) is 0 Å². The highest BCUT2D eigenvalue weighted by Crippen LogP contribution is 2.21. The molecule has 102 valence electrons. The summed E-state index contributed by atoms with van der Waals surface area (Å²) in [6.45, 7) is 5.52. The Kier molecular flexibility index (Phi) is 4.52. The maximum absolute atomic E-state index is 13.2. The largest absolute Gasteiger partial charge is 0.487 e. The van der Waals surface area contributed by atoms with Gasteiger partial charge in [0.05, 0.1) is 0 Å². The number of halogens is 1. The molecule has 5 heteroatoms. The van der Waals surface area contributed by atoms with Crippen LogP contribution in [0.5, 0.6) is 5.75 Å². The van der Waals surface area contributed by atoms with Crippen LogP contribution < -0.4 is 10.1 Å². The predicted octanol–water partition coefficient (Wildman–Crippen LogP) is 2.81. The molecule has 0 fully saturated rings. The average Bonchev–Trinajstić information content (AvgIpc) is 2.81. The number of rotatable bonds is 6. The molecule has 0 spiro atoms. The quantitative estimate of drug-likeness (QED) is 0.871. The van der Waals surface area contributed by atoms with Gasteiger partial charge in [-0.1, -0.05) is 12.1 Å². The molecule has 0 radical (unpaired) electrons. The average molecular weight is 264 g/mol. The Morgan fingerprint density at radius 1 is 1.37 bits per heavy atom. The molecule has 19 heavy (non-hydrogen) atoms. The monoisotopic (exact) mass is 264 g/mol. The van der Waals surface area contributed by atoms with Crippen molar-refractivity contribution in [1.29, 1.82) is 0 Å². The molecule has 0 aliphatic rings. The normalized spacial score (nSPS) is 10.7. The third-order valence-electron chi connectivity index (χ3n) is 2.64. The highest BCUT2D eigenvalue weighted by molar-refractivity contribution is 5.34. The van der Waals surface area contributed by atoms with E-state index < -0.39 is 0 Å². The number of hydrogen-bond acceptors (Lipinski definition) is 4. The van der Waals surface area contributed by atoms with Crippen LogP contribution in [0.1, 0.15) is 23.9 Å². The number of nitrogens with one attached hydrogen (secondary N) is 1. The zero-order valence-electron chi connectivity index (χ0n) is 11.1. The van der Waals surface area contributed by atoms with Crippen LogP contribution >= 0.6 is 0 Å². The van der Waals surface area contributed by atoms with E-state index in [0.717, 1.165) is 23.6 Å². The van der Waals surface area contributed by atoms with Crippen molar-refractivity contribution < 1.29 is 13.7 Å². The summed E-state index contributed by atoms with van der Waals surface area (Å²) in [4.78, 5) is 0. The predicted molar refractivity (Wildman–Crippen MR) is 69.4 cm³/mol. The van der Waals surface area contributed by atoms with Crippen molar-refractivity contribution in [3.63, 3.8) is 0 Å². The van der Waals surface area contributed by atoms with Gasteiger partial charge in [-0.15, -0.1) is 0 Å². The summed E-state index contributed by atoms with van der Waals surface area (Å²) in [6.07, 6.45) is 0. The maximum atomic E-state index is 13.2. The fourth-order valence-corrected chi connectivity index (χ4v) is 1.72. The lowest BCUT2D eigenvalue weighted by Crippen LogP contribution is -2.13. The van der Waals surface area contributed by atoms with Crippen molar-refractivity contribution >= 4 is 0 Å². The van der Waals surface area contributed by atoms with E-state index in [9.17, 15) is 4.39 Å². The van der Waals surface area contributed by atoms with Crippen molar-refractivity contribution in [3.8, 4) is 5.75 Å². The van der Waals surface area contributed by atoms with Gasteiger partial charge in [0.1, 0.15) is 29.6 Å². The van der Waals surface area contributed by atoms with Gasteiger partial charge in [-0.05, 0) is 31.7 Å². The molecule has 4 nitrogen and oxygen atoms in total. The van der Waals surface area contributed by atoms with Crippen molar-refractivity contribution in [1.82, 2.24) is 10.5 Å². The van der Waals surface area contributed by atoms with E-state index in [-0.39, 0.29) is 5.82 Å². The van der Waals surface area contributed by atoms with E-state index in [2.05, 4.69) is 10.5 Å². The lowest BCUT2D eigenvalue weighted by molar-refractivity contribution is 0.284. The Balaban J connectivity index is 2.05. The van der Waals surface area contributed by atoms with Crippen LogP contribution in [-0.4, -0.2) is 11.7 Å². The minimum Gasteiger partial charge on any atom is -0.487 e. The molecule has 0 bridgehead atoms. The topological polar surface area (TPSA) is 47.3 Å². The molecule has 0 amide bonds. The molecule has 2 rings (SSSR count). The Hall–Kier alpha value is -1.88. The molecule has 1 aromatic carbocycles. The molecule has 1 heterocycles. The van der Waals surface area contributed by atoms with Crippen LogP contribution in [0.25, 0.3) is 0 Å². The third kappa shape index (κ3) is 3.79. The molecule has 0 aliphatic heterocycles. The summed E-state index contributed by atoms with van der Waals surface area (Å²) in [5.74, 6) is 1.13. The lowest BCUT2D eigenvalue weighted by atomic mass is 10.2. The molecule has 0 unspecified atom stereocenters. The van der Waals surface area contributed by atoms with Crippen LogP contribution in [0.3, 0.4) is 0 Å². The van der Waals surface area contributed by atoms with E-state index in [1.807, 2.05) is 19.9 Å². The molecular weight excluding hydrogens is 247 g/mol. The number of hydrogen-bond donors (Lipinski definition) is 1. The zero-order valence-corrected chi connectivity index (χ0v) is 11.1. The molecule has 0 saturated heterocycles. The number of ether oxygens (including phenoxy) is 1. The van der Waals surface area contributed by atoms with Gasteiger partial charge in [-0.3, -0.25) is 0 Å². The van der Waals surface area contributed by atoms with Crippen molar-refractivity contribution in [2.45, 2.75) is 27.0 Å². The van der Waals surface area contributed by atoms with E-state index in [1.54, 1.807) is 6.07 Å². The van der Waals surface area contributed by atoms with E-state index in [1.165, 1.54) is 12.1 Å². The number of nitrogens with zero attached hydrogens (tertiary/aromatic N) is 1. The van der Waals surface area contributed by atoms with Gasteiger partial charge in [-0.2, -0.15) is 0 Å². The summed E-state index contributed by atoms with van der Waals surface area (Å²) in [5.41, 5.74) is 1.51. The minimum absolute atomic E-state index is 0.266. The van der Waals surface area contributed by atoms with Crippen LogP contribution in [0.4, 0.5) is 4.39 Å². The Labute approximate surface area is 111 Å². The second kappa shape index (κ2) is 6.33. The zero-order chi connectivity index (χ0) is 13.7. The van der Waals surface area contributed by atoms with Gasteiger partial charge < -0.3 is 14.6 Å². The summed E-state index contributed by atoms with van der Waals surface area (Å²) in [6, 6.07) is 6.31.